The molecule has 6 heteroatoms. The highest BCUT2D eigenvalue weighted by Gasteiger charge is 2.43. The van der Waals surface area contributed by atoms with Gasteiger partial charge in [-0.1, -0.05) is 19.8 Å². The zero-order valence-corrected chi connectivity index (χ0v) is 11.5. The van der Waals surface area contributed by atoms with Crippen LogP contribution >= 0.6 is 0 Å². The van der Waals surface area contributed by atoms with Gasteiger partial charge in [-0.05, 0) is 19.4 Å². The van der Waals surface area contributed by atoms with Crippen molar-refractivity contribution >= 4 is 12.0 Å². The lowest BCUT2D eigenvalue weighted by atomic mass is 9.98. The van der Waals surface area contributed by atoms with Gasteiger partial charge in [-0.2, -0.15) is 0 Å². The number of amides is 2. The minimum absolute atomic E-state index is 0.222. The van der Waals surface area contributed by atoms with Gasteiger partial charge in [0.05, 0.1) is 0 Å². The Bertz CT molecular complexity index is 345. The molecular formula is C13H23N3O3. The molecule has 2 N–H and O–H groups in total. The Hall–Kier alpha value is -1.30. The molecule has 1 aliphatic heterocycles. The molecular weight excluding hydrogens is 246 g/mol. The molecule has 2 rings (SSSR count). The monoisotopic (exact) mass is 269 g/mol. The minimum atomic E-state index is -1.03. The van der Waals surface area contributed by atoms with Crippen molar-refractivity contribution in [3.05, 3.63) is 0 Å². The summed E-state index contributed by atoms with van der Waals surface area (Å²) in [7, 11) is 0. The van der Waals surface area contributed by atoms with E-state index in [1.54, 1.807) is 4.90 Å². The molecule has 108 valence electrons. The number of aliphatic carboxylic acids is 1. The number of urea groups is 1. The molecule has 6 nitrogen and oxygen atoms in total. The largest absolute Gasteiger partial charge is 0.480 e. The second-order valence-electron chi connectivity index (χ2n) is 5.45. The van der Waals surface area contributed by atoms with Gasteiger partial charge < -0.3 is 20.2 Å². The van der Waals surface area contributed by atoms with Gasteiger partial charge in [-0.15, -0.1) is 0 Å². The van der Waals surface area contributed by atoms with Crippen LogP contribution in [0.2, 0.25) is 0 Å². The van der Waals surface area contributed by atoms with Crippen molar-refractivity contribution in [3.8, 4) is 0 Å². The van der Waals surface area contributed by atoms with Crippen molar-refractivity contribution in [3.63, 3.8) is 0 Å². The first-order valence-corrected chi connectivity index (χ1v) is 7.10. The number of hydrogen-bond donors (Lipinski definition) is 2. The van der Waals surface area contributed by atoms with E-state index >= 15 is 0 Å². The summed E-state index contributed by atoms with van der Waals surface area (Å²) in [6.45, 7) is 6.18. The second-order valence-corrected chi connectivity index (χ2v) is 5.45. The smallest absolute Gasteiger partial charge is 0.329 e. The fourth-order valence-electron chi connectivity index (χ4n) is 2.92. The SMILES string of the molecule is CCN1CCN(C(=O)NC2(C(=O)O)CCCC2)CC1. The highest BCUT2D eigenvalue weighted by Crippen LogP contribution is 2.30. The van der Waals surface area contributed by atoms with Gasteiger partial charge in [0, 0.05) is 26.2 Å². The normalized spacial score (nSPS) is 23.3. The molecule has 19 heavy (non-hydrogen) atoms. The van der Waals surface area contributed by atoms with Crippen molar-refractivity contribution in [2.75, 3.05) is 32.7 Å². The topological polar surface area (TPSA) is 72.9 Å². The summed E-state index contributed by atoms with van der Waals surface area (Å²) < 4.78 is 0. The molecule has 0 aromatic carbocycles. The van der Waals surface area contributed by atoms with E-state index in [9.17, 15) is 14.7 Å². The highest BCUT2D eigenvalue weighted by molar-refractivity contribution is 5.86. The minimum Gasteiger partial charge on any atom is -0.480 e. The Labute approximate surface area is 113 Å². The predicted molar refractivity (Wildman–Crippen MR) is 71.1 cm³/mol. The van der Waals surface area contributed by atoms with Gasteiger partial charge in [-0.25, -0.2) is 9.59 Å². The fourth-order valence-corrected chi connectivity index (χ4v) is 2.92. The molecule has 0 radical (unpaired) electrons. The Kier molecular flexibility index (Phi) is 4.29. The maximum atomic E-state index is 12.2. The van der Waals surface area contributed by atoms with Crippen molar-refractivity contribution in [2.24, 2.45) is 0 Å². The Morgan fingerprint density at radius 2 is 1.74 bits per heavy atom. The number of hydrogen-bond acceptors (Lipinski definition) is 3. The van der Waals surface area contributed by atoms with Gasteiger partial charge >= 0.3 is 12.0 Å². The molecule has 1 saturated heterocycles. The van der Waals surface area contributed by atoms with Crippen molar-refractivity contribution in [1.29, 1.82) is 0 Å². The third-order valence-corrected chi connectivity index (χ3v) is 4.32. The molecule has 2 fully saturated rings. The molecule has 0 bridgehead atoms. The third kappa shape index (κ3) is 3.00. The van der Waals surface area contributed by atoms with Crippen LogP contribution in [0, 0.1) is 0 Å². The maximum absolute atomic E-state index is 12.2. The first kappa shape index (κ1) is 14.1. The van der Waals surface area contributed by atoms with Crippen LogP contribution in [0.5, 0.6) is 0 Å². The molecule has 1 aliphatic carbocycles. The lowest BCUT2D eigenvalue weighted by Gasteiger charge is -2.36. The third-order valence-electron chi connectivity index (χ3n) is 4.32. The van der Waals surface area contributed by atoms with E-state index in [0.717, 1.165) is 32.5 Å². The highest BCUT2D eigenvalue weighted by atomic mass is 16.4. The van der Waals surface area contributed by atoms with Crippen molar-refractivity contribution in [2.45, 2.75) is 38.1 Å². The summed E-state index contributed by atoms with van der Waals surface area (Å²) in [5.74, 6) is -0.898. The van der Waals surface area contributed by atoms with E-state index in [2.05, 4.69) is 17.1 Å². The zero-order chi connectivity index (χ0) is 13.9. The fraction of sp³-hybridized carbons (Fsp3) is 0.846. The first-order chi connectivity index (χ1) is 9.07. The van der Waals surface area contributed by atoms with Crippen LogP contribution in [0.4, 0.5) is 4.79 Å². The van der Waals surface area contributed by atoms with E-state index in [-0.39, 0.29) is 6.03 Å². The lowest BCUT2D eigenvalue weighted by Crippen LogP contribution is -2.59. The number of carbonyl (C=O) groups excluding carboxylic acids is 1. The number of carboxylic acids is 1. The lowest BCUT2D eigenvalue weighted by molar-refractivity contribution is -0.144. The summed E-state index contributed by atoms with van der Waals surface area (Å²) >= 11 is 0. The van der Waals surface area contributed by atoms with Gasteiger partial charge in [-0.3, -0.25) is 0 Å². The molecule has 0 spiro atoms. The van der Waals surface area contributed by atoms with Crippen LogP contribution < -0.4 is 5.32 Å². The van der Waals surface area contributed by atoms with Crippen molar-refractivity contribution < 1.29 is 14.7 Å². The van der Waals surface area contributed by atoms with Gasteiger partial charge in [0.15, 0.2) is 0 Å². The van der Waals surface area contributed by atoms with Crippen LogP contribution in [0.25, 0.3) is 0 Å². The van der Waals surface area contributed by atoms with Gasteiger partial charge in [0.2, 0.25) is 0 Å². The Morgan fingerprint density at radius 1 is 1.16 bits per heavy atom. The number of nitrogens with zero attached hydrogens (tertiary/aromatic N) is 2. The van der Waals surface area contributed by atoms with E-state index < -0.39 is 11.5 Å². The Morgan fingerprint density at radius 3 is 2.21 bits per heavy atom. The van der Waals surface area contributed by atoms with Crippen LogP contribution in [-0.2, 0) is 4.79 Å². The molecule has 1 saturated carbocycles. The first-order valence-electron chi connectivity index (χ1n) is 7.10. The number of rotatable bonds is 3. The molecule has 2 amide bonds. The predicted octanol–water partition coefficient (Wildman–Crippen LogP) is 0.731. The summed E-state index contributed by atoms with van der Waals surface area (Å²) in [5, 5.41) is 12.1. The zero-order valence-electron chi connectivity index (χ0n) is 11.5. The number of likely N-dealkylation sites (N-methyl/N-ethyl adjacent to an activating group) is 1. The van der Waals surface area contributed by atoms with E-state index in [0.29, 0.717) is 25.9 Å². The summed E-state index contributed by atoms with van der Waals surface area (Å²) in [6.07, 6.45) is 2.83. The average molecular weight is 269 g/mol. The standard InChI is InChI=1S/C13H23N3O3/c1-2-15-7-9-16(10-8-15)12(19)14-13(11(17)18)5-3-4-6-13/h2-10H2,1H3,(H,14,19)(H,17,18). The van der Waals surface area contributed by atoms with E-state index in [4.69, 9.17) is 0 Å². The second kappa shape index (κ2) is 5.77. The Balaban J connectivity index is 1.92. The van der Waals surface area contributed by atoms with Crippen LogP contribution in [0.3, 0.4) is 0 Å². The summed E-state index contributed by atoms with van der Waals surface area (Å²) in [6, 6.07) is -0.222. The van der Waals surface area contributed by atoms with Gasteiger partial charge in [0.1, 0.15) is 5.54 Å². The number of carbonyl (C=O) groups is 2. The molecule has 1 heterocycles. The number of piperazine rings is 1. The molecule has 0 unspecified atom stereocenters. The molecule has 2 aliphatic rings. The molecule has 0 aromatic rings. The number of carboxylic acid groups (broad SMARTS) is 1. The molecule has 0 aromatic heterocycles. The average Bonchev–Trinajstić information content (AvgIpc) is 2.88. The van der Waals surface area contributed by atoms with Crippen molar-refractivity contribution in [1.82, 2.24) is 15.1 Å². The van der Waals surface area contributed by atoms with Crippen LogP contribution in [0.15, 0.2) is 0 Å². The number of nitrogens with one attached hydrogen (secondary N) is 1. The van der Waals surface area contributed by atoms with E-state index in [1.165, 1.54) is 0 Å². The maximum Gasteiger partial charge on any atom is 0.329 e. The van der Waals surface area contributed by atoms with Crippen LogP contribution in [-0.4, -0.2) is 65.2 Å². The van der Waals surface area contributed by atoms with Crippen LogP contribution in [0.1, 0.15) is 32.6 Å². The summed E-state index contributed by atoms with van der Waals surface area (Å²) in [5.41, 5.74) is -1.03. The van der Waals surface area contributed by atoms with Gasteiger partial charge in [0.25, 0.3) is 0 Å². The van der Waals surface area contributed by atoms with E-state index in [1.807, 2.05) is 0 Å². The molecule has 0 atom stereocenters. The quantitative estimate of drug-likeness (QED) is 0.792. The summed E-state index contributed by atoms with van der Waals surface area (Å²) in [4.78, 5) is 27.6.